The fraction of sp³-hybridized carbons (Fsp3) is 0.462. The molecule has 0 aliphatic heterocycles. The van der Waals surface area contributed by atoms with E-state index in [1.165, 1.54) is 0 Å². The first kappa shape index (κ1) is 11.8. The summed E-state index contributed by atoms with van der Waals surface area (Å²) in [7, 11) is 0. The number of benzene rings is 1. The number of hydrogen-bond donors (Lipinski definition) is 0. The van der Waals surface area contributed by atoms with Gasteiger partial charge in [-0.1, -0.05) is 26.0 Å². The molecule has 0 fully saturated rings. The van der Waals surface area contributed by atoms with Crippen molar-refractivity contribution in [2.24, 2.45) is 5.92 Å². The number of hydrogen-bond acceptors (Lipinski definition) is 2. The van der Waals surface area contributed by atoms with Crippen LogP contribution in [0.2, 0.25) is 0 Å². The van der Waals surface area contributed by atoms with Crippen LogP contribution >= 0.6 is 0 Å². The lowest BCUT2D eigenvalue weighted by molar-refractivity contribution is 0.100. The number of carbonyl (C=O) groups excluding carboxylic acids is 1. The van der Waals surface area contributed by atoms with Crippen molar-refractivity contribution in [3.05, 3.63) is 29.8 Å². The molecular weight excluding hydrogens is 188 g/mol. The fourth-order valence-corrected chi connectivity index (χ4v) is 1.20. The van der Waals surface area contributed by atoms with Gasteiger partial charge >= 0.3 is 0 Å². The predicted molar refractivity (Wildman–Crippen MR) is 61.4 cm³/mol. The third-order valence-electron chi connectivity index (χ3n) is 2.52. The number of carbonyl (C=O) groups is 1. The van der Waals surface area contributed by atoms with Gasteiger partial charge in [0, 0.05) is 0 Å². The molecule has 0 N–H and O–H groups in total. The third-order valence-corrected chi connectivity index (χ3v) is 2.52. The fourth-order valence-electron chi connectivity index (χ4n) is 1.20. The van der Waals surface area contributed by atoms with Crippen molar-refractivity contribution in [2.75, 3.05) is 0 Å². The van der Waals surface area contributed by atoms with Gasteiger partial charge in [0.1, 0.15) is 5.75 Å². The van der Waals surface area contributed by atoms with Crippen molar-refractivity contribution in [3.63, 3.8) is 0 Å². The van der Waals surface area contributed by atoms with E-state index in [1.54, 1.807) is 13.0 Å². The van der Waals surface area contributed by atoms with E-state index in [4.69, 9.17) is 4.74 Å². The number of rotatable bonds is 4. The zero-order chi connectivity index (χ0) is 11.4. The summed E-state index contributed by atoms with van der Waals surface area (Å²) in [4.78, 5) is 11.3. The van der Waals surface area contributed by atoms with Crippen LogP contribution in [0.3, 0.4) is 0 Å². The highest BCUT2D eigenvalue weighted by molar-refractivity contribution is 5.96. The minimum Gasteiger partial charge on any atom is -0.490 e. The molecule has 82 valence electrons. The first-order valence-corrected chi connectivity index (χ1v) is 5.29. The highest BCUT2D eigenvalue weighted by Crippen LogP contribution is 2.21. The van der Waals surface area contributed by atoms with Crippen molar-refractivity contribution < 1.29 is 9.53 Å². The summed E-state index contributed by atoms with van der Waals surface area (Å²) in [6.45, 7) is 7.77. The molecule has 1 atom stereocenters. The molecule has 0 saturated carbocycles. The SMILES string of the molecule is CC(=O)c1ccccc1OC(C)C(C)C. The molecule has 2 nitrogen and oxygen atoms in total. The van der Waals surface area contributed by atoms with Crippen LogP contribution in [0.4, 0.5) is 0 Å². The van der Waals surface area contributed by atoms with Gasteiger partial charge < -0.3 is 4.74 Å². The molecule has 2 heteroatoms. The Kier molecular flexibility index (Phi) is 3.89. The maximum absolute atomic E-state index is 11.3. The van der Waals surface area contributed by atoms with Gasteiger partial charge in [-0.25, -0.2) is 0 Å². The molecule has 15 heavy (non-hydrogen) atoms. The van der Waals surface area contributed by atoms with Gasteiger partial charge in [-0.15, -0.1) is 0 Å². The third kappa shape index (κ3) is 3.08. The highest BCUT2D eigenvalue weighted by Gasteiger charge is 2.13. The Morgan fingerprint density at radius 3 is 2.33 bits per heavy atom. The van der Waals surface area contributed by atoms with E-state index < -0.39 is 0 Å². The number of Topliss-reactive ketones (excluding diaryl/α,β-unsaturated/α-hetero) is 1. The van der Waals surface area contributed by atoms with Crippen LogP contribution in [0.25, 0.3) is 0 Å². The molecule has 0 spiro atoms. The van der Waals surface area contributed by atoms with Crippen molar-refractivity contribution in [3.8, 4) is 5.75 Å². The van der Waals surface area contributed by atoms with E-state index in [-0.39, 0.29) is 11.9 Å². The molecule has 0 amide bonds. The summed E-state index contributed by atoms with van der Waals surface area (Å²) >= 11 is 0. The Balaban J connectivity index is 2.89. The van der Waals surface area contributed by atoms with Gasteiger partial charge in [0.15, 0.2) is 5.78 Å². The molecule has 0 radical (unpaired) electrons. The summed E-state index contributed by atoms with van der Waals surface area (Å²) < 4.78 is 5.75. The van der Waals surface area contributed by atoms with E-state index in [0.29, 0.717) is 17.2 Å². The van der Waals surface area contributed by atoms with Crippen LogP contribution in [0.15, 0.2) is 24.3 Å². The van der Waals surface area contributed by atoms with Crippen LogP contribution in [0, 0.1) is 5.92 Å². The number of para-hydroxylation sites is 1. The van der Waals surface area contributed by atoms with E-state index in [9.17, 15) is 4.79 Å². The molecule has 0 aliphatic rings. The quantitative estimate of drug-likeness (QED) is 0.706. The van der Waals surface area contributed by atoms with E-state index in [1.807, 2.05) is 25.1 Å². The Morgan fingerprint density at radius 1 is 1.20 bits per heavy atom. The maximum Gasteiger partial charge on any atom is 0.163 e. The van der Waals surface area contributed by atoms with Gasteiger partial charge in [-0.3, -0.25) is 4.79 Å². The second-order valence-electron chi connectivity index (χ2n) is 4.12. The topological polar surface area (TPSA) is 26.3 Å². The molecule has 0 bridgehead atoms. The monoisotopic (exact) mass is 206 g/mol. The predicted octanol–water partition coefficient (Wildman–Crippen LogP) is 3.31. The summed E-state index contributed by atoms with van der Waals surface area (Å²) in [6.07, 6.45) is 0.116. The summed E-state index contributed by atoms with van der Waals surface area (Å²) in [5, 5.41) is 0. The molecule has 0 saturated heterocycles. The summed E-state index contributed by atoms with van der Waals surface area (Å²) in [6, 6.07) is 7.37. The zero-order valence-corrected chi connectivity index (χ0v) is 9.78. The Bertz CT molecular complexity index is 342. The second-order valence-corrected chi connectivity index (χ2v) is 4.12. The molecule has 1 unspecified atom stereocenters. The first-order valence-electron chi connectivity index (χ1n) is 5.29. The van der Waals surface area contributed by atoms with E-state index in [0.717, 1.165) is 0 Å². The summed E-state index contributed by atoms with van der Waals surface area (Å²) in [5.41, 5.74) is 0.657. The molecule has 0 heterocycles. The van der Waals surface area contributed by atoms with Crippen molar-refractivity contribution in [1.82, 2.24) is 0 Å². The van der Waals surface area contributed by atoms with Gasteiger partial charge in [-0.2, -0.15) is 0 Å². The van der Waals surface area contributed by atoms with Crippen molar-refractivity contribution in [1.29, 1.82) is 0 Å². The molecule has 0 aromatic heterocycles. The van der Waals surface area contributed by atoms with Crippen LogP contribution in [-0.4, -0.2) is 11.9 Å². The second kappa shape index (κ2) is 4.96. The smallest absolute Gasteiger partial charge is 0.163 e. The Hall–Kier alpha value is -1.31. The van der Waals surface area contributed by atoms with Crippen LogP contribution < -0.4 is 4.74 Å². The number of ether oxygens (including phenoxy) is 1. The Morgan fingerprint density at radius 2 is 1.80 bits per heavy atom. The lowest BCUT2D eigenvalue weighted by atomic mass is 10.1. The van der Waals surface area contributed by atoms with Gasteiger partial charge in [0.05, 0.1) is 11.7 Å². The van der Waals surface area contributed by atoms with Crippen LogP contribution in [0.5, 0.6) is 5.75 Å². The normalized spacial score (nSPS) is 12.6. The van der Waals surface area contributed by atoms with Gasteiger partial charge in [-0.05, 0) is 31.9 Å². The molecule has 0 aliphatic carbocycles. The first-order chi connectivity index (χ1) is 7.02. The summed E-state index contributed by atoms with van der Waals surface area (Å²) in [5.74, 6) is 1.16. The van der Waals surface area contributed by atoms with Gasteiger partial charge in [0.2, 0.25) is 0 Å². The van der Waals surface area contributed by atoms with Crippen molar-refractivity contribution >= 4 is 5.78 Å². The average molecular weight is 206 g/mol. The van der Waals surface area contributed by atoms with Crippen molar-refractivity contribution in [2.45, 2.75) is 33.8 Å². The molecular formula is C13H18O2. The zero-order valence-electron chi connectivity index (χ0n) is 9.78. The molecule has 1 aromatic carbocycles. The highest BCUT2D eigenvalue weighted by atomic mass is 16.5. The largest absolute Gasteiger partial charge is 0.490 e. The lowest BCUT2D eigenvalue weighted by Gasteiger charge is -2.19. The average Bonchev–Trinajstić information content (AvgIpc) is 2.18. The Labute approximate surface area is 91.3 Å². The molecule has 1 aromatic rings. The minimum absolute atomic E-state index is 0.0431. The van der Waals surface area contributed by atoms with Crippen LogP contribution in [0.1, 0.15) is 38.1 Å². The minimum atomic E-state index is 0.0431. The van der Waals surface area contributed by atoms with Crippen LogP contribution in [-0.2, 0) is 0 Å². The van der Waals surface area contributed by atoms with Gasteiger partial charge in [0.25, 0.3) is 0 Å². The molecule has 1 rings (SSSR count). The van der Waals surface area contributed by atoms with E-state index >= 15 is 0 Å². The maximum atomic E-state index is 11.3. The lowest BCUT2D eigenvalue weighted by Crippen LogP contribution is -2.19. The van der Waals surface area contributed by atoms with E-state index in [2.05, 4.69) is 13.8 Å². The standard InChI is InChI=1S/C13H18O2/c1-9(2)11(4)15-13-8-6-5-7-12(13)10(3)14/h5-9,11H,1-4H3. The number of ketones is 1.